The second kappa shape index (κ2) is 5.74. The van der Waals surface area contributed by atoms with Crippen molar-refractivity contribution in [2.75, 3.05) is 5.32 Å². The molecule has 0 radical (unpaired) electrons. The van der Waals surface area contributed by atoms with E-state index in [2.05, 4.69) is 5.32 Å². The van der Waals surface area contributed by atoms with Crippen molar-refractivity contribution in [1.29, 1.82) is 0 Å². The topological polar surface area (TPSA) is 49.3 Å². The number of aliphatic carboxylic acids is 1. The van der Waals surface area contributed by atoms with Gasteiger partial charge >= 0.3 is 5.97 Å². The van der Waals surface area contributed by atoms with Gasteiger partial charge in [0.1, 0.15) is 5.82 Å². The van der Waals surface area contributed by atoms with E-state index in [1.165, 1.54) is 12.1 Å². The van der Waals surface area contributed by atoms with Crippen LogP contribution in [0, 0.1) is 19.7 Å². The van der Waals surface area contributed by atoms with E-state index in [0.29, 0.717) is 11.3 Å². The zero-order chi connectivity index (χ0) is 14.7. The summed E-state index contributed by atoms with van der Waals surface area (Å²) in [4.78, 5) is 10.9. The minimum atomic E-state index is -0.986. The molecule has 0 heterocycles. The first-order valence-electron chi connectivity index (χ1n) is 6.31. The van der Waals surface area contributed by atoms with Crippen molar-refractivity contribution in [3.05, 3.63) is 58.9 Å². The van der Waals surface area contributed by atoms with E-state index in [0.717, 1.165) is 16.8 Å². The molecule has 0 aromatic heterocycles. The Bertz CT molecular complexity index is 633. The fourth-order valence-electron chi connectivity index (χ4n) is 2.14. The zero-order valence-electron chi connectivity index (χ0n) is 11.4. The van der Waals surface area contributed by atoms with Crippen molar-refractivity contribution < 1.29 is 14.3 Å². The smallest absolute Gasteiger partial charge is 0.307 e. The fraction of sp³-hybridized carbons (Fsp3) is 0.188. The van der Waals surface area contributed by atoms with Crippen LogP contribution in [-0.4, -0.2) is 11.1 Å². The Kier molecular flexibility index (Phi) is 4.03. The minimum absolute atomic E-state index is 0.217. The van der Waals surface area contributed by atoms with Crippen LogP contribution in [0.25, 0.3) is 0 Å². The van der Waals surface area contributed by atoms with Crippen molar-refractivity contribution in [2.24, 2.45) is 0 Å². The van der Waals surface area contributed by atoms with Crippen LogP contribution in [0.15, 0.2) is 36.4 Å². The number of rotatable bonds is 4. The number of benzene rings is 2. The maximum atomic E-state index is 13.3. The van der Waals surface area contributed by atoms with Gasteiger partial charge in [-0.3, -0.25) is 4.79 Å². The van der Waals surface area contributed by atoms with Crippen molar-refractivity contribution in [3.8, 4) is 0 Å². The number of anilines is 2. The van der Waals surface area contributed by atoms with Crippen molar-refractivity contribution in [3.63, 3.8) is 0 Å². The van der Waals surface area contributed by atoms with E-state index in [1.807, 2.05) is 32.0 Å². The summed E-state index contributed by atoms with van der Waals surface area (Å²) in [5.74, 6) is -1.42. The van der Waals surface area contributed by atoms with Crippen LogP contribution in [0.4, 0.5) is 15.8 Å². The van der Waals surface area contributed by atoms with Crippen LogP contribution in [0.5, 0.6) is 0 Å². The molecule has 104 valence electrons. The normalized spacial score (nSPS) is 10.3. The molecule has 0 bridgehead atoms. The molecule has 20 heavy (non-hydrogen) atoms. The maximum absolute atomic E-state index is 13.3. The van der Waals surface area contributed by atoms with Crippen molar-refractivity contribution in [2.45, 2.75) is 20.3 Å². The number of carbonyl (C=O) groups is 1. The van der Waals surface area contributed by atoms with Crippen LogP contribution in [0.1, 0.15) is 16.7 Å². The third-order valence-electron chi connectivity index (χ3n) is 3.15. The van der Waals surface area contributed by atoms with E-state index in [-0.39, 0.29) is 6.42 Å². The lowest BCUT2D eigenvalue weighted by atomic mass is 10.1. The molecular formula is C16H16FNO2. The summed E-state index contributed by atoms with van der Waals surface area (Å²) in [6, 6.07) is 10.0. The van der Waals surface area contributed by atoms with Gasteiger partial charge in [-0.2, -0.15) is 0 Å². The molecule has 2 aromatic rings. The third kappa shape index (κ3) is 3.15. The van der Waals surface area contributed by atoms with Crippen LogP contribution in [-0.2, 0) is 11.2 Å². The Morgan fingerprint density at radius 3 is 2.45 bits per heavy atom. The summed E-state index contributed by atoms with van der Waals surface area (Å²) in [7, 11) is 0. The standard InChI is InChI=1S/C16H16FNO2/c1-10-4-3-5-11(2)16(10)18-14-7-6-13(17)8-12(14)9-15(19)20/h3-8,18H,9H2,1-2H3,(H,19,20). The van der Waals surface area contributed by atoms with Gasteiger partial charge in [-0.05, 0) is 48.7 Å². The van der Waals surface area contributed by atoms with E-state index < -0.39 is 11.8 Å². The van der Waals surface area contributed by atoms with Gasteiger partial charge in [-0.1, -0.05) is 18.2 Å². The Morgan fingerprint density at radius 1 is 1.20 bits per heavy atom. The third-order valence-corrected chi connectivity index (χ3v) is 3.15. The molecule has 4 heteroatoms. The van der Waals surface area contributed by atoms with Crippen LogP contribution < -0.4 is 5.32 Å². The lowest BCUT2D eigenvalue weighted by molar-refractivity contribution is -0.136. The number of carboxylic acids is 1. The predicted molar refractivity (Wildman–Crippen MR) is 76.9 cm³/mol. The summed E-state index contributed by atoms with van der Waals surface area (Å²) in [5.41, 5.74) is 4.07. The molecule has 0 amide bonds. The molecule has 0 saturated carbocycles. The molecule has 0 saturated heterocycles. The van der Waals surface area contributed by atoms with Crippen molar-refractivity contribution in [1.82, 2.24) is 0 Å². The monoisotopic (exact) mass is 273 g/mol. The molecule has 3 nitrogen and oxygen atoms in total. The molecule has 0 aliphatic rings. The molecule has 2 N–H and O–H groups in total. The first kappa shape index (κ1) is 14.1. The Hall–Kier alpha value is -2.36. The highest BCUT2D eigenvalue weighted by Crippen LogP contribution is 2.27. The number of hydrogen-bond acceptors (Lipinski definition) is 2. The van der Waals surface area contributed by atoms with Crippen molar-refractivity contribution >= 4 is 17.3 Å². The minimum Gasteiger partial charge on any atom is -0.481 e. The molecular weight excluding hydrogens is 257 g/mol. The van der Waals surface area contributed by atoms with Gasteiger partial charge in [0.15, 0.2) is 0 Å². The molecule has 0 aliphatic carbocycles. The Balaban J connectivity index is 2.40. The number of carboxylic acid groups (broad SMARTS) is 1. The van der Waals surface area contributed by atoms with E-state index >= 15 is 0 Å². The first-order valence-corrected chi connectivity index (χ1v) is 6.31. The first-order chi connectivity index (χ1) is 9.47. The largest absolute Gasteiger partial charge is 0.481 e. The van der Waals surface area contributed by atoms with Gasteiger partial charge in [-0.15, -0.1) is 0 Å². The lowest BCUT2D eigenvalue weighted by Gasteiger charge is -2.15. The summed E-state index contributed by atoms with van der Waals surface area (Å²) < 4.78 is 13.3. The molecule has 0 fully saturated rings. The Labute approximate surface area is 117 Å². The predicted octanol–water partition coefficient (Wildman–Crippen LogP) is 3.81. The van der Waals surface area contributed by atoms with Crippen LogP contribution in [0.2, 0.25) is 0 Å². The average Bonchev–Trinajstić information content (AvgIpc) is 2.35. The highest BCUT2D eigenvalue weighted by molar-refractivity contribution is 5.76. The Morgan fingerprint density at radius 2 is 1.85 bits per heavy atom. The molecule has 0 unspecified atom stereocenters. The highest BCUT2D eigenvalue weighted by atomic mass is 19.1. The van der Waals surface area contributed by atoms with Gasteiger partial charge in [-0.25, -0.2) is 4.39 Å². The zero-order valence-corrected chi connectivity index (χ0v) is 11.4. The van der Waals surface area contributed by atoms with Gasteiger partial charge in [0.05, 0.1) is 6.42 Å². The molecule has 0 aliphatic heterocycles. The highest BCUT2D eigenvalue weighted by Gasteiger charge is 2.10. The number of aryl methyl sites for hydroxylation is 2. The fourth-order valence-corrected chi connectivity index (χ4v) is 2.14. The number of para-hydroxylation sites is 1. The summed E-state index contributed by atoms with van der Waals surface area (Å²) >= 11 is 0. The number of hydrogen-bond donors (Lipinski definition) is 2. The van der Waals surface area contributed by atoms with Crippen LogP contribution in [0.3, 0.4) is 0 Å². The van der Waals surface area contributed by atoms with Gasteiger partial charge in [0.2, 0.25) is 0 Å². The number of halogens is 1. The SMILES string of the molecule is Cc1cccc(C)c1Nc1ccc(F)cc1CC(=O)O. The molecule has 0 atom stereocenters. The average molecular weight is 273 g/mol. The van der Waals surface area contributed by atoms with E-state index in [4.69, 9.17) is 5.11 Å². The maximum Gasteiger partial charge on any atom is 0.307 e. The lowest BCUT2D eigenvalue weighted by Crippen LogP contribution is -2.05. The molecule has 2 aromatic carbocycles. The summed E-state index contributed by atoms with van der Waals surface area (Å²) in [6.45, 7) is 3.94. The molecule has 2 rings (SSSR count). The van der Waals surface area contributed by atoms with Gasteiger partial charge in [0.25, 0.3) is 0 Å². The second-order valence-corrected chi connectivity index (χ2v) is 4.76. The van der Waals surface area contributed by atoms with Gasteiger partial charge < -0.3 is 10.4 Å². The van der Waals surface area contributed by atoms with E-state index in [9.17, 15) is 9.18 Å². The quantitative estimate of drug-likeness (QED) is 0.890. The van der Waals surface area contributed by atoms with E-state index in [1.54, 1.807) is 6.07 Å². The summed E-state index contributed by atoms with van der Waals surface area (Å²) in [6.07, 6.45) is -0.217. The summed E-state index contributed by atoms with van der Waals surface area (Å²) in [5, 5.41) is 12.1. The molecule has 0 spiro atoms. The van der Waals surface area contributed by atoms with Crippen LogP contribution >= 0.6 is 0 Å². The second-order valence-electron chi connectivity index (χ2n) is 4.76. The van der Waals surface area contributed by atoms with Gasteiger partial charge in [0, 0.05) is 11.4 Å². The number of nitrogens with one attached hydrogen (secondary N) is 1.